The third kappa shape index (κ3) is 17.7. The molecule has 1 aliphatic rings. The number of imide groups is 1. The lowest BCUT2D eigenvalue weighted by Crippen LogP contribution is -2.32. The summed E-state index contributed by atoms with van der Waals surface area (Å²) in [4.78, 5) is 77.6. The van der Waals surface area contributed by atoms with Crippen molar-refractivity contribution in [3.63, 3.8) is 0 Å². The van der Waals surface area contributed by atoms with Crippen LogP contribution in [0.3, 0.4) is 0 Å². The first-order valence-electron chi connectivity index (χ1n) is 21.8. The molecule has 0 radical (unpaired) electrons. The molecule has 3 N–H and O–H groups in total. The quantitative estimate of drug-likeness (QED) is 0.0248. The number of nitrogens with one attached hydrogen (secondary N) is 3. The molecule has 1 heterocycles. The van der Waals surface area contributed by atoms with E-state index in [1.807, 2.05) is 158 Å². The van der Waals surface area contributed by atoms with E-state index in [9.17, 15) is 33.3 Å². The maximum atomic E-state index is 13.8. The van der Waals surface area contributed by atoms with Crippen molar-refractivity contribution in [2.24, 2.45) is 5.10 Å². The van der Waals surface area contributed by atoms with Gasteiger partial charge in [-0.15, -0.1) is 5.06 Å². The van der Waals surface area contributed by atoms with E-state index in [2.05, 4.69) is 50.2 Å². The number of carbonyl (C=O) groups excluding carboxylic acids is 6. The van der Waals surface area contributed by atoms with Crippen molar-refractivity contribution in [2.45, 2.75) is 38.8 Å². The van der Waals surface area contributed by atoms with Gasteiger partial charge in [0.05, 0.1) is 6.42 Å². The Morgan fingerprint density at radius 2 is 1.04 bits per heavy atom. The number of hydrazone groups is 1. The van der Waals surface area contributed by atoms with Gasteiger partial charge in [-0.25, -0.2) is 10.2 Å². The fourth-order valence-corrected chi connectivity index (χ4v) is 11.5. The van der Waals surface area contributed by atoms with E-state index in [4.69, 9.17) is 10.4 Å². The van der Waals surface area contributed by atoms with Crippen molar-refractivity contribution in [1.29, 1.82) is 0 Å². The number of rotatable bonds is 18. The molecule has 6 aromatic rings. The second-order valence-corrected chi connectivity index (χ2v) is 20.2. The van der Waals surface area contributed by atoms with Gasteiger partial charge in [0.1, 0.15) is 13.4 Å². The highest BCUT2D eigenvalue weighted by molar-refractivity contribution is 7.78. The first-order chi connectivity index (χ1) is 33.5. The highest BCUT2D eigenvalue weighted by Gasteiger charge is 2.33. The molecule has 17 heteroatoms. The molecule has 0 aliphatic carbocycles. The van der Waals surface area contributed by atoms with Crippen LogP contribution in [-0.2, 0) is 51.3 Å². The van der Waals surface area contributed by atoms with E-state index >= 15 is 0 Å². The molecule has 69 heavy (non-hydrogen) atoms. The summed E-state index contributed by atoms with van der Waals surface area (Å²) < 4.78 is 13.8. The van der Waals surface area contributed by atoms with Crippen LogP contribution >= 0.6 is 15.1 Å². The van der Waals surface area contributed by atoms with E-state index < -0.39 is 50.6 Å². The normalized spacial score (nSPS) is 11.8. The zero-order valence-corrected chi connectivity index (χ0v) is 39.4. The molecular formula is C52H51N7O8P2. The number of hydrogen-bond acceptors (Lipinski definition) is 9. The summed E-state index contributed by atoms with van der Waals surface area (Å²) in [5, 5.41) is 13.3. The summed E-state index contributed by atoms with van der Waals surface area (Å²) in [5.74, 6) is -2.68. The largest absolute Gasteiger partial charge is 0.361 e. The van der Waals surface area contributed by atoms with Crippen molar-refractivity contribution in [3.05, 3.63) is 199 Å². The zero-order chi connectivity index (χ0) is 49.1. The molecule has 5 amide bonds. The lowest BCUT2D eigenvalue weighted by atomic mass is 10.2. The Bertz CT molecular complexity index is 2630. The molecule has 15 nitrogen and oxygen atoms in total. The third-order valence-electron chi connectivity index (χ3n) is 10.0. The maximum absolute atomic E-state index is 13.8. The molecular weight excluding hydrogens is 913 g/mol. The first-order valence-corrected chi connectivity index (χ1v) is 25.2. The van der Waals surface area contributed by atoms with Crippen LogP contribution in [0.1, 0.15) is 36.8 Å². The second kappa shape index (κ2) is 28.3. The van der Waals surface area contributed by atoms with Crippen molar-refractivity contribution >= 4 is 84.2 Å². The van der Waals surface area contributed by atoms with Crippen molar-refractivity contribution in [2.75, 3.05) is 12.3 Å². The molecule has 0 aromatic heterocycles. The van der Waals surface area contributed by atoms with Gasteiger partial charge in [-0.2, -0.15) is 9.89 Å². The van der Waals surface area contributed by atoms with Crippen LogP contribution in [0.5, 0.6) is 0 Å². The van der Waals surface area contributed by atoms with Crippen LogP contribution in [0.4, 0.5) is 0 Å². The Hall–Kier alpha value is -7.95. The van der Waals surface area contributed by atoms with E-state index in [0.29, 0.717) is 34.9 Å². The maximum Gasteiger partial charge on any atom is 0.344 e. The minimum absolute atomic E-state index is 0.0179. The fourth-order valence-electron chi connectivity index (χ4n) is 6.57. The third-order valence-corrected chi connectivity index (χ3v) is 15.7. The number of nitrogens with zero attached hydrogens (tertiary/aromatic N) is 4. The van der Waals surface area contributed by atoms with E-state index in [-0.39, 0.29) is 31.8 Å². The monoisotopic (exact) mass is 963 g/mol. The molecule has 0 spiro atoms. The van der Waals surface area contributed by atoms with E-state index in [1.165, 1.54) is 10.6 Å². The van der Waals surface area contributed by atoms with Crippen molar-refractivity contribution < 1.29 is 43.0 Å². The summed E-state index contributed by atoms with van der Waals surface area (Å²) in [7, 11) is -3.68. The predicted molar refractivity (Wildman–Crippen MR) is 268 cm³/mol. The molecule has 0 bridgehead atoms. The van der Waals surface area contributed by atoms with Crippen molar-refractivity contribution in [1.82, 2.24) is 21.1 Å². The molecule has 0 atom stereocenters. The molecule has 7 rings (SSSR count). The fraction of sp³-hybridized carbons (Fsp3) is 0.154. The Kier molecular flexibility index (Phi) is 21.3. The Labute approximate surface area is 401 Å². The minimum Gasteiger partial charge on any atom is -0.361 e. The molecule has 6 aromatic carbocycles. The van der Waals surface area contributed by atoms with Gasteiger partial charge in [0.2, 0.25) is 5.91 Å². The molecule has 352 valence electrons. The number of benzene rings is 6. The van der Waals surface area contributed by atoms with Gasteiger partial charge >= 0.3 is 18.1 Å². The summed E-state index contributed by atoms with van der Waals surface area (Å²) in [6, 6.07) is 57.4. The SMILES string of the molecule is O=C(/C=N/NC(=O)CCP(=O)(c1ccccc1)c1ccccc1)NCc1ccccc1.O=C(CCP(c1ccccc1)c1ccccc1)ON1C(=O)CCC1=O.[N-]=[N+]=CC(=O)NCc1ccccc1. The topological polar surface area (TPSA) is 217 Å². The first kappa shape index (κ1) is 52.0. The smallest absolute Gasteiger partial charge is 0.344 e. The van der Waals surface area contributed by atoms with E-state index in [0.717, 1.165) is 23.6 Å². The summed E-state index contributed by atoms with van der Waals surface area (Å²) in [6.07, 6.45) is 2.98. The van der Waals surface area contributed by atoms with E-state index in [1.54, 1.807) is 0 Å². The van der Waals surface area contributed by atoms with Gasteiger partial charge in [0.25, 0.3) is 17.7 Å². The Morgan fingerprint density at radius 3 is 1.49 bits per heavy atom. The van der Waals surface area contributed by atoms with Gasteiger partial charge in [-0.3, -0.25) is 24.0 Å². The van der Waals surface area contributed by atoms with Gasteiger partial charge in [-0.1, -0.05) is 182 Å². The van der Waals surface area contributed by atoms with Crippen LogP contribution in [0.25, 0.3) is 5.53 Å². The van der Waals surface area contributed by atoms with Gasteiger partial charge in [0, 0.05) is 49.1 Å². The number of hydrogen-bond donors (Lipinski definition) is 3. The predicted octanol–water partition coefficient (Wildman–Crippen LogP) is 5.53. The standard InChI is InChI=1S/C24H24N3O3P.C19H18NO4P.C9H9N3O/c28-23(27-26-19-24(29)25-18-20-10-4-1-5-11-20)16-17-31(30,21-12-6-2-7-13-21)22-14-8-3-9-15-22;21-17-11-12-18(22)20(17)24-19(23)13-14-25(15-7-3-1-4-8-15)16-9-5-2-6-10-16;10-12-7-9(13)11-6-8-4-2-1-3-5-8/h1-15,19H,16-18H2,(H,25,29)(H,27,28);1-10H,11-14H2;1-5,7H,6H2,(H,11,13)/b26-19+;;. The molecule has 1 fully saturated rings. The summed E-state index contributed by atoms with van der Waals surface area (Å²) in [6.45, 7) is 0.808. The number of carbonyl (C=O) groups is 6. The Balaban J connectivity index is 0.000000209. The van der Waals surface area contributed by atoms with Crippen LogP contribution in [0, 0.1) is 0 Å². The molecule has 0 unspecified atom stereocenters. The highest BCUT2D eigenvalue weighted by atomic mass is 31.2. The van der Waals surface area contributed by atoms with Crippen LogP contribution < -0.4 is 37.3 Å². The average molecular weight is 964 g/mol. The summed E-state index contributed by atoms with van der Waals surface area (Å²) >= 11 is 0. The van der Waals surface area contributed by atoms with Crippen LogP contribution in [0.2, 0.25) is 0 Å². The lowest BCUT2D eigenvalue weighted by Gasteiger charge is -2.19. The number of amides is 5. The van der Waals surface area contributed by atoms with Crippen LogP contribution in [-0.4, -0.2) is 70.1 Å². The van der Waals surface area contributed by atoms with Crippen LogP contribution in [0.15, 0.2) is 187 Å². The highest BCUT2D eigenvalue weighted by Crippen LogP contribution is 2.43. The zero-order valence-electron chi connectivity index (χ0n) is 37.6. The Morgan fingerprint density at radius 1 is 0.623 bits per heavy atom. The lowest BCUT2D eigenvalue weighted by molar-refractivity contribution is -0.197. The molecule has 1 aliphatic heterocycles. The molecule has 0 saturated carbocycles. The van der Waals surface area contributed by atoms with Crippen molar-refractivity contribution in [3.8, 4) is 0 Å². The van der Waals surface area contributed by atoms with Gasteiger partial charge in [-0.05, 0) is 35.8 Å². The molecule has 1 saturated heterocycles. The minimum atomic E-state index is -2.97. The number of hydroxylamine groups is 2. The van der Waals surface area contributed by atoms with Gasteiger partial charge in [0.15, 0.2) is 0 Å². The second-order valence-electron chi connectivity index (χ2n) is 14.9. The summed E-state index contributed by atoms with van der Waals surface area (Å²) in [5.41, 5.74) is 12.3. The van der Waals surface area contributed by atoms with Gasteiger partial charge < -0.3 is 25.6 Å². The average Bonchev–Trinajstić information content (AvgIpc) is 3.71.